The summed E-state index contributed by atoms with van der Waals surface area (Å²) in [6.45, 7) is 0.626. The summed E-state index contributed by atoms with van der Waals surface area (Å²) in [5, 5.41) is 3.61. The number of carbonyl (C=O) groups excluding carboxylic acids is 1. The van der Waals surface area contributed by atoms with Crippen LogP contribution in [0.2, 0.25) is 5.02 Å². The average Bonchev–Trinajstić information content (AvgIpc) is 2.52. The minimum atomic E-state index is -0.123. The van der Waals surface area contributed by atoms with Crippen LogP contribution in [-0.4, -0.2) is 19.1 Å². The maximum atomic E-state index is 11.7. The highest BCUT2D eigenvalue weighted by molar-refractivity contribution is 9.10. The highest BCUT2D eigenvalue weighted by Gasteiger charge is 2.03. The van der Waals surface area contributed by atoms with Gasteiger partial charge in [0.1, 0.15) is 5.75 Å². The van der Waals surface area contributed by atoms with Gasteiger partial charge in [-0.1, -0.05) is 45.7 Å². The van der Waals surface area contributed by atoms with E-state index in [0.29, 0.717) is 12.3 Å². The van der Waals surface area contributed by atoms with Gasteiger partial charge in [-0.15, -0.1) is 0 Å². The summed E-state index contributed by atoms with van der Waals surface area (Å²) in [4.78, 5) is 11.7. The molecule has 22 heavy (non-hydrogen) atoms. The van der Waals surface area contributed by atoms with Crippen molar-refractivity contribution in [2.75, 3.05) is 13.2 Å². The average molecular weight is 383 g/mol. The lowest BCUT2D eigenvalue weighted by Crippen LogP contribution is -2.29. The molecule has 2 aromatic rings. The summed E-state index contributed by atoms with van der Waals surface area (Å²) < 4.78 is 6.38. The highest BCUT2D eigenvalue weighted by Crippen LogP contribution is 2.17. The number of ether oxygens (including phenoxy) is 1. The second-order valence-electron chi connectivity index (χ2n) is 4.79. The predicted molar refractivity (Wildman–Crippen MR) is 92.4 cm³/mol. The van der Waals surface area contributed by atoms with Crippen molar-refractivity contribution in [3.8, 4) is 5.75 Å². The number of hydrogen-bond acceptors (Lipinski definition) is 2. The van der Waals surface area contributed by atoms with E-state index in [0.717, 1.165) is 27.9 Å². The minimum Gasteiger partial charge on any atom is -0.484 e. The molecule has 0 unspecified atom stereocenters. The Kier molecular flexibility index (Phi) is 6.74. The zero-order chi connectivity index (χ0) is 15.8. The number of amides is 1. The molecule has 0 atom stereocenters. The van der Waals surface area contributed by atoms with Crippen molar-refractivity contribution >= 4 is 33.4 Å². The van der Waals surface area contributed by atoms with E-state index < -0.39 is 0 Å². The Bertz CT molecular complexity index is 616. The van der Waals surface area contributed by atoms with Gasteiger partial charge in [0.25, 0.3) is 5.91 Å². The maximum absolute atomic E-state index is 11.7. The fourth-order valence-electron chi connectivity index (χ4n) is 1.94. The van der Waals surface area contributed by atoms with E-state index in [2.05, 4.69) is 21.2 Å². The van der Waals surface area contributed by atoms with Crippen molar-refractivity contribution in [1.29, 1.82) is 0 Å². The molecule has 0 aliphatic heterocycles. The topological polar surface area (TPSA) is 38.3 Å². The molecule has 0 saturated carbocycles. The first-order chi connectivity index (χ1) is 10.6. The number of halogens is 2. The molecular weight excluding hydrogens is 366 g/mol. The first-order valence-corrected chi connectivity index (χ1v) is 8.21. The normalized spacial score (nSPS) is 10.3. The summed E-state index contributed by atoms with van der Waals surface area (Å²) in [6.07, 6.45) is 1.68. The van der Waals surface area contributed by atoms with Gasteiger partial charge in [-0.3, -0.25) is 4.79 Å². The second-order valence-corrected chi connectivity index (χ2v) is 6.11. The number of carbonyl (C=O) groups is 1. The molecule has 1 amide bonds. The molecule has 0 aliphatic rings. The van der Waals surface area contributed by atoms with Gasteiger partial charge in [0.05, 0.1) is 0 Å². The zero-order valence-corrected chi connectivity index (χ0v) is 14.4. The summed E-state index contributed by atoms with van der Waals surface area (Å²) in [5.74, 6) is 0.552. The van der Waals surface area contributed by atoms with Gasteiger partial charge < -0.3 is 10.1 Å². The molecule has 0 radical (unpaired) electrons. The Balaban J connectivity index is 1.64. The molecule has 0 saturated heterocycles. The number of benzene rings is 2. The largest absolute Gasteiger partial charge is 0.484 e. The lowest BCUT2D eigenvalue weighted by molar-refractivity contribution is -0.123. The van der Waals surface area contributed by atoms with E-state index >= 15 is 0 Å². The molecule has 0 aromatic heterocycles. The van der Waals surface area contributed by atoms with Crippen molar-refractivity contribution in [2.24, 2.45) is 0 Å². The summed E-state index contributed by atoms with van der Waals surface area (Å²) in [5.41, 5.74) is 1.10. The fourth-order valence-corrected chi connectivity index (χ4v) is 2.43. The van der Waals surface area contributed by atoms with Crippen molar-refractivity contribution in [3.63, 3.8) is 0 Å². The third-order valence-corrected chi connectivity index (χ3v) is 3.98. The molecule has 0 bridgehead atoms. The van der Waals surface area contributed by atoms with Crippen LogP contribution in [0.15, 0.2) is 53.0 Å². The molecule has 0 aliphatic carbocycles. The van der Waals surface area contributed by atoms with Crippen LogP contribution in [0, 0.1) is 0 Å². The monoisotopic (exact) mass is 381 g/mol. The Morgan fingerprint density at radius 3 is 2.59 bits per heavy atom. The molecule has 0 fully saturated rings. The Labute approximate surface area is 143 Å². The summed E-state index contributed by atoms with van der Waals surface area (Å²) in [6, 6.07) is 15.1. The Morgan fingerprint density at radius 1 is 1.14 bits per heavy atom. The van der Waals surface area contributed by atoms with Gasteiger partial charge in [0, 0.05) is 16.0 Å². The molecule has 3 nitrogen and oxygen atoms in total. The number of aryl methyl sites for hydroxylation is 1. The standard InChI is InChI=1S/C17H17BrClNO2/c18-14-7-9-15(10-8-14)22-12-17(21)20-11-3-5-13-4-1-2-6-16(13)19/h1-2,4,6-10H,3,5,11-12H2,(H,20,21). The molecule has 2 rings (SSSR count). The smallest absolute Gasteiger partial charge is 0.257 e. The third-order valence-electron chi connectivity index (χ3n) is 3.09. The predicted octanol–water partition coefficient (Wildman–Crippen LogP) is 4.23. The van der Waals surface area contributed by atoms with Gasteiger partial charge in [-0.2, -0.15) is 0 Å². The second kappa shape index (κ2) is 8.81. The van der Waals surface area contributed by atoms with E-state index in [4.69, 9.17) is 16.3 Å². The van der Waals surface area contributed by atoms with Crippen LogP contribution in [0.3, 0.4) is 0 Å². The molecular formula is C17H17BrClNO2. The number of nitrogens with one attached hydrogen (secondary N) is 1. The van der Waals surface area contributed by atoms with Crippen molar-refractivity contribution < 1.29 is 9.53 Å². The molecule has 2 aromatic carbocycles. The van der Waals surface area contributed by atoms with Gasteiger partial charge in [0.15, 0.2) is 6.61 Å². The lowest BCUT2D eigenvalue weighted by Gasteiger charge is -2.08. The van der Waals surface area contributed by atoms with Gasteiger partial charge >= 0.3 is 0 Å². The molecule has 116 valence electrons. The maximum Gasteiger partial charge on any atom is 0.257 e. The van der Waals surface area contributed by atoms with Crippen LogP contribution in [0.5, 0.6) is 5.75 Å². The van der Waals surface area contributed by atoms with Gasteiger partial charge in [-0.25, -0.2) is 0 Å². The van der Waals surface area contributed by atoms with E-state index in [1.165, 1.54) is 0 Å². The van der Waals surface area contributed by atoms with Crippen LogP contribution >= 0.6 is 27.5 Å². The van der Waals surface area contributed by atoms with Gasteiger partial charge in [0.2, 0.25) is 0 Å². The molecule has 0 spiro atoms. The first kappa shape index (κ1) is 16.8. The number of rotatable bonds is 7. The molecule has 1 N–H and O–H groups in total. The van der Waals surface area contributed by atoms with E-state index in [9.17, 15) is 4.79 Å². The molecule has 5 heteroatoms. The summed E-state index contributed by atoms with van der Waals surface area (Å²) >= 11 is 9.43. The zero-order valence-electron chi connectivity index (χ0n) is 12.0. The third kappa shape index (κ3) is 5.70. The fraction of sp³-hybridized carbons (Fsp3) is 0.235. The highest BCUT2D eigenvalue weighted by atomic mass is 79.9. The van der Waals surface area contributed by atoms with Crippen molar-refractivity contribution in [2.45, 2.75) is 12.8 Å². The van der Waals surface area contributed by atoms with E-state index in [1.54, 1.807) is 0 Å². The van der Waals surface area contributed by atoms with Crippen molar-refractivity contribution in [1.82, 2.24) is 5.32 Å². The van der Waals surface area contributed by atoms with Crippen LogP contribution in [0.1, 0.15) is 12.0 Å². The number of hydrogen-bond donors (Lipinski definition) is 1. The van der Waals surface area contributed by atoms with Crippen LogP contribution in [-0.2, 0) is 11.2 Å². The van der Waals surface area contributed by atoms with Crippen molar-refractivity contribution in [3.05, 3.63) is 63.6 Å². The minimum absolute atomic E-state index is 0.0216. The Morgan fingerprint density at radius 2 is 1.86 bits per heavy atom. The van der Waals surface area contributed by atoms with Crippen LogP contribution in [0.4, 0.5) is 0 Å². The van der Waals surface area contributed by atoms with E-state index in [1.807, 2.05) is 48.5 Å². The van der Waals surface area contributed by atoms with Crippen LogP contribution in [0.25, 0.3) is 0 Å². The Hall–Kier alpha value is -1.52. The summed E-state index contributed by atoms with van der Waals surface area (Å²) in [7, 11) is 0. The SMILES string of the molecule is O=C(COc1ccc(Br)cc1)NCCCc1ccccc1Cl. The van der Waals surface area contributed by atoms with Gasteiger partial charge in [-0.05, 0) is 48.7 Å². The van der Waals surface area contributed by atoms with Crippen LogP contribution < -0.4 is 10.1 Å². The first-order valence-electron chi connectivity index (χ1n) is 7.03. The quantitative estimate of drug-likeness (QED) is 0.728. The van der Waals surface area contributed by atoms with E-state index in [-0.39, 0.29) is 12.5 Å². The lowest BCUT2D eigenvalue weighted by atomic mass is 10.1. The molecule has 0 heterocycles.